The van der Waals surface area contributed by atoms with Crippen LogP contribution in [0.3, 0.4) is 0 Å². The molecule has 0 atom stereocenters. The lowest BCUT2D eigenvalue weighted by molar-refractivity contribution is -0.144. The number of carboxylic acid groups (broad SMARTS) is 1. The molecule has 0 aromatic heterocycles. The van der Waals surface area contributed by atoms with Crippen LogP contribution in [-0.2, 0) is 16.0 Å². The minimum atomic E-state index is -0.970. The van der Waals surface area contributed by atoms with Gasteiger partial charge in [0.1, 0.15) is 12.3 Å². The molecule has 5 heteroatoms. The van der Waals surface area contributed by atoms with Gasteiger partial charge >= 0.3 is 5.97 Å². The third-order valence-corrected chi connectivity index (χ3v) is 3.29. The number of aliphatic carboxylic acids is 1. The summed E-state index contributed by atoms with van der Waals surface area (Å²) in [5, 5.41) is 8.93. The van der Waals surface area contributed by atoms with Crippen LogP contribution in [0.2, 0.25) is 0 Å². The van der Waals surface area contributed by atoms with Crippen LogP contribution in [-0.4, -0.2) is 40.6 Å². The Morgan fingerprint density at radius 3 is 2.57 bits per heavy atom. The van der Waals surface area contributed by atoms with Crippen LogP contribution < -0.4 is 4.74 Å². The lowest BCUT2D eigenvalue weighted by Crippen LogP contribution is -2.38. The summed E-state index contributed by atoms with van der Waals surface area (Å²) in [5.41, 5.74) is 0.798. The molecule has 1 aliphatic carbocycles. The van der Waals surface area contributed by atoms with Crippen molar-refractivity contribution in [1.82, 2.24) is 4.90 Å². The van der Waals surface area contributed by atoms with Crippen LogP contribution in [0.25, 0.3) is 0 Å². The molecule has 21 heavy (non-hydrogen) atoms. The molecule has 1 amide bonds. The molecule has 0 heterocycles. The second-order valence-corrected chi connectivity index (χ2v) is 5.60. The first kappa shape index (κ1) is 15.4. The van der Waals surface area contributed by atoms with Crippen LogP contribution in [0.1, 0.15) is 32.3 Å². The van der Waals surface area contributed by atoms with Crippen LogP contribution in [0, 0.1) is 0 Å². The lowest BCUT2D eigenvalue weighted by Gasteiger charge is -2.21. The molecule has 0 aliphatic heterocycles. The Morgan fingerprint density at radius 2 is 2.00 bits per heavy atom. The van der Waals surface area contributed by atoms with Gasteiger partial charge in [-0.25, -0.2) is 0 Å². The number of rotatable bonds is 7. The zero-order chi connectivity index (χ0) is 15.4. The summed E-state index contributed by atoms with van der Waals surface area (Å²) in [6.07, 6.45) is 1.98. The van der Waals surface area contributed by atoms with Gasteiger partial charge in [-0.1, -0.05) is 18.2 Å². The van der Waals surface area contributed by atoms with Gasteiger partial charge < -0.3 is 14.7 Å². The second-order valence-electron chi connectivity index (χ2n) is 5.60. The maximum Gasteiger partial charge on any atom is 0.323 e. The molecule has 0 radical (unpaired) electrons. The molecule has 0 bridgehead atoms. The largest absolute Gasteiger partial charge is 0.491 e. The molecule has 1 saturated carbocycles. The first-order valence-corrected chi connectivity index (χ1v) is 7.23. The number of hydrogen-bond acceptors (Lipinski definition) is 3. The van der Waals surface area contributed by atoms with E-state index in [2.05, 4.69) is 0 Å². The molecule has 1 N–H and O–H groups in total. The van der Waals surface area contributed by atoms with E-state index in [1.807, 2.05) is 38.1 Å². The minimum Gasteiger partial charge on any atom is -0.491 e. The van der Waals surface area contributed by atoms with Crippen LogP contribution in [0.15, 0.2) is 24.3 Å². The Balaban J connectivity index is 2.09. The molecule has 1 fully saturated rings. The highest BCUT2D eigenvalue weighted by Crippen LogP contribution is 2.28. The van der Waals surface area contributed by atoms with E-state index in [4.69, 9.17) is 9.84 Å². The molecular weight excluding hydrogens is 270 g/mol. The molecule has 114 valence electrons. The van der Waals surface area contributed by atoms with E-state index in [9.17, 15) is 9.59 Å². The molecule has 0 spiro atoms. The van der Waals surface area contributed by atoms with Crippen molar-refractivity contribution in [3.8, 4) is 5.75 Å². The van der Waals surface area contributed by atoms with Crippen molar-refractivity contribution in [3.05, 3.63) is 29.8 Å². The van der Waals surface area contributed by atoms with Crippen LogP contribution in [0.5, 0.6) is 5.75 Å². The van der Waals surface area contributed by atoms with E-state index in [1.54, 1.807) is 0 Å². The van der Waals surface area contributed by atoms with Crippen molar-refractivity contribution in [2.45, 2.75) is 45.3 Å². The zero-order valence-electron chi connectivity index (χ0n) is 12.4. The van der Waals surface area contributed by atoms with Crippen molar-refractivity contribution in [1.29, 1.82) is 0 Å². The highest BCUT2D eigenvalue weighted by molar-refractivity contribution is 5.84. The average molecular weight is 291 g/mol. The molecule has 0 unspecified atom stereocenters. The summed E-state index contributed by atoms with van der Waals surface area (Å²) in [4.78, 5) is 24.7. The summed E-state index contributed by atoms with van der Waals surface area (Å²) >= 11 is 0. The number of benzene rings is 1. The summed E-state index contributed by atoms with van der Waals surface area (Å²) < 4.78 is 5.70. The van der Waals surface area contributed by atoms with Crippen molar-refractivity contribution in [2.24, 2.45) is 0 Å². The SMILES string of the molecule is CC(C)Oc1ccccc1CC(=O)N(CC(=O)O)C1CC1. The monoisotopic (exact) mass is 291 g/mol. The fraction of sp³-hybridized carbons (Fsp3) is 0.500. The second kappa shape index (κ2) is 6.61. The Bertz CT molecular complexity index is 523. The molecule has 2 rings (SSSR count). The van der Waals surface area contributed by atoms with Gasteiger partial charge in [-0.15, -0.1) is 0 Å². The predicted molar refractivity (Wildman–Crippen MR) is 78.3 cm³/mol. The molecule has 0 saturated heterocycles. The number of amides is 1. The lowest BCUT2D eigenvalue weighted by atomic mass is 10.1. The predicted octanol–water partition coefficient (Wildman–Crippen LogP) is 2.09. The topological polar surface area (TPSA) is 66.8 Å². The van der Waals surface area contributed by atoms with Crippen molar-refractivity contribution in [2.75, 3.05) is 6.54 Å². The van der Waals surface area contributed by atoms with Gasteiger partial charge in [-0.3, -0.25) is 9.59 Å². The summed E-state index contributed by atoms with van der Waals surface area (Å²) in [6, 6.07) is 7.49. The quantitative estimate of drug-likeness (QED) is 0.835. The first-order chi connectivity index (χ1) is 9.97. The minimum absolute atomic E-state index is 0.0276. The van der Waals surface area contributed by atoms with E-state index in [-0.39, 0.29) is 31.0 Å². The molecular formula is C16H21NO4. The molecule has 1 aliphatic rings. The smallest absolute Gasteiger partial charge is 0.323 e. The van der Waals surface area contributed by atoms with Gasteiger partial charge in [0.25, 0.3) is 0 Å². The fourth-order valence-corrected chi connectivity index (χ4v) is 2.24. The van der Waals surface area contributed by atoms with Gasteiger partial charge in [-0.05, 0) is 32.8 Å². The third-order valence-electron chi connectivity index (χ3n) is 3.29. The Hall–Kier alpha value is -2.04. The summed E-state index contributed by atoms with van der Waals surface area (Å²) in [7, 11) is 0. The number of carbonyl (C=O) groups is 2. The first-order valence-electron chi connectivity index (χ1n) is 7.23. The average Bonchev–Trinajstić information content (AvgIpc) is 3.21. The molecule has 5 nitrogen and oxygen atoms in total. The van der Waals surface area contributed by atoms with Gasteiger partial charge in [0, 0.05) is 11.6 Å². The Kier molecular flexibility index (Phi) is 4.83. The van der Waals surface area contributed by atoms with Crippen LogP contribution in [0.4, 0.5) is 0 Å². The zero-order valence-corrected chi connectivity index (χ0v) is 12.4. The Morgan fingerprint density at radius 1 is 1.33 bits per heavy atom. The molecule has 1 aromatic carbocycles. The highest BCUT2D eigenvalue weighted by atomic mass is 16.5. The van der Waals surface area contributed by atoms with E-state index >= 15 is 0 Å². The maximum absolute atomic E-state index is 12.4. The van der Waals surface area contributed by atoms with Crippen molar-refractivity contribution >= 4 is 11.9 Å². The number of carboxylic acids is 1. The van der Waals surface area contributed by atoms with E-state index in [0.29, 0.717) is 5.75 Å². The summed E-state index contributed by atoms with van der Waals surface area (Å²) in [6.45, 7) is 3.63. The normalized spacial score (nSPS) is 14.0. The van der Waals surface area contributed by atoms with E-state index < -0.39 is 5.97 Å². The number of ether oxygens (including phenoxy) is 1. The van der Waals surface area contributed by atoms with Crippen LogP contribution >= 0.6 is 0 Å². The fourth-order valence-electron chi connectivity index (χ4n) is 2.24. The van der Waals surface area contributed by atoms with Gasteiger partial charge in [0.2, 0.25) is 5.91 Å². The van der Waals surface area contributed by atoms with E-state index in [1.165, 1.54) is 4.90 Å². The van der Waals surface area contributed by atoms with Gasteiger partial charge in [0.05, 0.1) is 12.5 Å². The maximum atomic E-state index is 12.4. The number of para-hydroxylation sites is 1. The molecule has 1 aromatic rings. The third kappa shape index (κ3) is 4.48. The highest BCUT2D eigenvalue weighted by Gasteiger charge is 2.33. The number of nitrogens with zero attached hydrogens (tertiary/aromatic N) is 1. The number of hydrogen-bond donors (Lipinski definition) is 1. The van der Waals surface area contributed by atoms with Gasteiger partial charge in [-0.2, -0.15) is 0 Å². The van der Waals surface area contributed by atoms with Gasteiger partial charge in [0.15, 0.2) is 0 Å². The van der Waals surface area contributed by atoms with E-state index in [0.717, 1.165) is 18.4 Å². The van der Waals surface area contributed by atoms with Crippen molar-refractivity contribution in [3.63, 3.8) is 0 Å². The standard InChI is InChI=1S/C16H21NO4/c1-11(2)21-14-6-4-3-5-12(14)9-15(18)17(10-16(19)20)13-7-8-13/h3-6,11,13H,7-10H2,1-2H3,(H,19,20). The van der Waals surface area contributed by atoms with Crippen molar-refractivity contribution < 1.29 is 19.4 Å². The number of carbonyl (C=O) groups excluding carboxylic acids is 1. The summed E-state index contributed by atoms with van der Waals surface area (Å²) in [5.74, 6) is -0.436. The Labute approximate surface area is 124 Å².